The maximum Gasteiger partial charge on any atom is 0.410 e. The fourth-order valence-corrected chi connectivity index (χ4v) is 4.47. The van der Waals surface area contributed by atoms with Crippen LogP contribution in [0.3, 0.4) is 0 Å². The number of ether oxygens (including phenoxy) is 2. The second kappa shape index (κ2) is 8.59. The molecule has 3 heterocycles. The van der Waals surface area contributed by atoms with Crippen LogP contribution in [-0.4, -0.2) is 45.9 Å². The number of aromatic nitrogens is 2. The van der Waals surface area contributed by atoms with Gasteiger partial charge >= 0.3 is 12.1 Å². The number of hydrogen-bond donors (Lipinski definition) is 0. The van der Waals surface area contributed by atoms with E-state index in [-0.39, 0.29) is 42.5 Å². The molecule has 29 heavy (non-hydrogen) atoms. The number of rotatable bonds is 5. The Labute approximate surface area is 170 Å². The first-order valence-corrected chi connectivity index (χ1v) is 10.0. The normalized spacial score (nSPS) is 23.3. The van der Waals surface area contributed by atoms with Crippen LogP contribution < -0.4 is 4.74 Å². The van der Waals surface area contributed by atoms with E-state index in [2.05, 4.69) is 9.97 Å². The highest BCUT2D eigenvalue weighted by atomic mass is 16.6. The van der Waals surface area contributed by atoms with Crippen LogP contribution in [0.4, 0.5) is 4.79 Å². The van der Waals surface area contributed by atoms with Crippen molar-refractivity contribution < 1.29 is 19.1 Å². The van der Waals surface area contributed by atoms with Crippen molar-refractivity contribution in [2.24, 2.45) is 5.92 Å². The highest BCUT2D eigenvalue weighted by Crippen LogP contribution is 2.38. The molecule has 2 fully saturated rings. The van der Waals surface area contributed by atoms with E-state index in [1.54, 1.807) is 0 Å². The van der Waals surface area contributed by atoms with Gasteiger partial charge in [-0.2, -0.15) is 0 Å². The predicted molar refractivity (Wildman–Crippen MR) is 106 cm³/mol. The lowest BCUT2D eigenvalue weighted by atomic mass is 9.76. The zero-order valence-electron chi connectivity index (χ0n) is 16.5. The summed E-state index contributed by atoms with van der Waals surface area (Å²) in [6, 6.07) is 10.00. The van der Waals surface area contributed by atoms with E-state index >= 15 is 0 Å². The first-order chi connectivity index (χ1) is 14.2. The lowest BCUT2D eigenvalue weighted by molar-refractivity contribution is 0.00470. The van der Waals surface area contributed by atoms with E-state index in [0.29, 0.717) is 18.4 Å². The third-order valence-electron chi connectivity index (χ3n) is 5.86. The number of methoxy groups -OCH3 is 1. The van der Waals surface area contributed by atoms with Crippen LogP contribution in [-0.2, 0) is 11.3 Å². The molecule has 7 heteroatoms. The quantitative estimate of drug-likeness (QED) is 0.719. The van der Waals surface area contributed by atoms with Crippen molar-refractivity contribution in [1.29, 1.82) is 0 Å². The fraction of sp³-hybridized carbons (Fsp3) is 0.455. The molecule has 2 bridgehead atoms. The summed E-state index contributed by atoms with van der Waals surface area (Å²) in [6.45, 7) is 0.265. The minimum atomic E-state index is -0.276. The number of nitrogens with zero attached hydrogens (tertiary/aromatic N) is 3. The number of carbonyl (C=O) groups excluding carboxylic acids is 2. The molecule has 0 radical (unpaired) electrons. The maximum absolute atomic E-state index is 13.0. The van der Waals surface area contributed by atoms with Gasteiger partial charge in [0.2, 0.25) is 0 Å². The van der Waals surface area contributed by atoms with Crippen molar-refractivity contribution in [3.05, 3.63) is 53.9 Å². The first kappa shape index (κ1) is 19.4. The van der Waals surface area contributed by atoms with Gasteiger partial charge in [-0.1, -0.05) is 30.3 Å². The first-order valence-electron chi connectivity index (χ1n) is 10.0. The Balaban J connectivity index is 1.41. The molecule has 2 unspecified atom stereocenters. The second-order valence-corrected chi connectivity index (χ2v) is 7.68. The van der Waals surface area contributed by atoms with E-state index in [0.717, 1.165) is 24.8 Å². The van der Waals surface area contributed by atoms with E-state index < -0.39 is 0 Å². The van der Waals surface area contributed by atoms with Gasteiger partial charge in [0.1, 0.15) is 6.61 Å². The van der Waals surface area contributed by atoms with Gasteiger partial charge in [-0.05, 0) is 37.7 Å². The molecule has 2 aromatic rings. The third kappa shape index (κ3) is 4.23. The molecule has 2 aliphatic rings. The molecular weight excluding hydrogens is 370 g/mol. The van der Waals surface area contributed by atoms with E-state index in [4.69, 9.17) is 9.47 Å². The number of carbonyl (C=O) groups is 2. The second-order valence-electron chi connectivity index (χ2n) is 7.68. The summed E-state index contributed by atoms with van der Waals surface area (Å²) in [5, 5.41) is 0. The molecule has 152 valence electrons. The number of ketones is 1. The third-order valence-corrected chi connectivity index (χ3v) is 5.86. The number of benzene rings is 1. The van der Waals surface area contributed by atoms with Gasteiger partial charge in [-0.3, -0.25) is 4.79 Å². The molecule has 0 aliphatic carbocycles. The van der Waals surface area contributed by atoms with Crippen LogP contribution >= 0.6 is 0 Å². The van der Waals surface area contributed by atoms with Crippen LogP contribution in [0.5, 0.6) is 6.01 Å². The summed E-state index contributed by atoms with van der Waals surface area (Å²) in [5.74, 6) is -0.0812. The lowest BCUT2D eigenvalue weighted by Gasteiger charge is -2.47. The van der Waals surface area contributed by atoms with Crippen LogP contribution in [0.15, 0.2) is 42.7 Å². The molecule has 0 saturated carbocycles. The van der Waals surface area contributed by atoms with Gasteiger partial charge in [0.05, 0.1) is 12.7 Å². The Bertz CT molecular complexity index is 842. The van der Waals surface area contributed by atoms with Gasteiger partial charge in [-0.15, -0.1) is 0 Å². The van der Waals surface area contributed by atoms with Gasteiger partial charge in [0.15, 0.2) is 5.78 Å². The van der Waals surface area contributed by atoms with Gasteiger partial charge in [0, 0.05) is 30.4 Å². The van der Waals surface area contributed by atoms with Crippen molar-refractivity contribution in [1.82, 2.24) is 14.9 Å². The Kier molecular flexibility index (Phi) is 5.74. The SMILES string of the molecule is COc1ncc(C(=O)C2CC3CCCC(C2)N3C(=O)OCc2ccccc2)cn1. The average molecular weight is 395 g/mol. The Morgan fingerprint density at radius 2 is 1.72 bits per heavy atom. The minimum absolute atomic E-state index is 0.0406. The summed E-state index contributed by atoms with van der Waals surface area (Å²) >= 11 is 0. The van der Waals surface area contributed by atoms with Crippen molar-refractivity contribution >= 4 is 11.9 Å². The number of Topliss-reactive ketones (excluding diaryl/α,β-unsaturated/α-hetero) is 1. The van der Waals surface area contributed by atoms with Gasteiger partial charge < -0.3 is 14.4 Å². The molecule has 0 spiro atoms. The molecule has 4 rings (SSSR count). The van der Waals surface area contributed by atoms with Crippen LogP contribution in [0.1, 0.15) is 48.0 Å². The molecule has 0 N–H and O–H groups in total. The van der Waals surface area contributed by atoms with E-state index in [1.165, 1.54) is 19.5 Å². The number of amides is 1. The molecule has 2 aliphatic heterocycles. The minimum Gasteiger partial charge on any atom is -0.467 e. The smallest absolute Gasteiger partial charge is 0.410 e. The Morgan fingerprint density at radius 1 is 1.07 bits per heavy atom. The van der Waals surface area contributed by atoms with Crippen molar-refractivity contribution in [2.75, 3.05) is 7.11 Å². The predicted octanol–water partition coefficient (Wildman–Crippen LogP) is 3.64. The van der Waals surface area contributed by atoms with Crippen molar-refractivity contribution in [3.63, 3.8) is 0 Å². The van der Waals surface area contributed by atoms with E-state index in [1.807, 2.05) is 35.2 Å². The molecule has 7 nitrogen and oxygen atoms in total. The molecule has 1 aromatic heterocycles. The summed E-state index contributed by atoms with van der Waals surface area (Å²) in [4.78, 5) is 35.7. The van der Waals surface area contributed by atoms with Crippen molar-refractivity contribution in [3.8, 4) is 6.01 Å². The maximum atomic E-state index is 13.0. The fourth-order valence-electron chi connectivity index (χ4n) is 4.47. The average Bonchev–Trinajstić information content (AvgIpc) is 2.77. The highest BCUT2D eigenvalue weighted by Gasteiger charge is 2.43. The largest absolute Gasteiger partial charge is 0.467 e. The highest BCUT2D eigenvalue weighted by molar-refractivity contribution is 5.97. The summed E-state index contributed by atoms with van der Waals surface area (Å²) in [6.07, 6.45) is 6.95. The van der Waals surface area contributed by atoms with Crippen LogP contribution in [0, 0.1) is 5.92 Å². The van der Waals surface area contributed by atoms with Gasteiger partial charge in [0.25, 0.3) is 0 Å². The molecule has 2 atom stereocenters. The summed E-state index contributed by atoms with van der Waals surface area (Å²) in [7, 11) is 1.49. The lowest BCUT2D eigenvalue weighted by Crippen LogP contribution is -2.55. The molecule has 2 saturated heterocycles. The monoisotopic (exact) mass is 395 g/mol. The topological polar surface area (TPSA) is 81.6 Å². The standard InChI is InChI=1S/C22H25N3O4/c1-28-21-23-12-17(13-24-21)20(26)16-10-18-8-5-9-19(11-16)25(18)22(27)29-14-15-6-3-2-4-7-15/h2-4,6-7,12-13,16,18-19H,5,8-11,14H2,1H3. The van der Waals surface area contributed by atoms with E-state index in [9.17, 15) is 9.59 Å². The van der Waals surface area contributed by atoms with Crippen molar-refractivity contribution in [2.45, 2.75) is 50.8 Å². The Morgan fingerprint density at radius 3 is 2.34 bits per heavy atom. The Hall–Kier alpha value is -2.96. The molecular formula is C22H25N3O4. The van der Waals surface area contributed by atoms with Gasteiger partial charge in [-0.25, -0.2) is 14.8 Å². The number of hydrogen-bond acceptors (Lipinski definition) is 6. The molecule has 1 amide bonds. The number of piperidine rings is 2. The number of fused-ring (bicyclic) bond motifs is 2. The van der Waals surface area contributed by atoms with Crippen LogP contribution in [0.25, 0.3) is 0 Å². The van der Waals surface area contributed by atoms with Crippen LogP contribution in [0.2, 0.25) is 0 Å². The molecule has 1 aromatic carbocycles. The zero-order valence-corrected chi connectivity index (χ0v) is 16.5. The zero-order chi connectivity index (χ0) is 20.2. The summed E-state index contributed by atoms with van der Waals surface area (Å²) < 4.78 is 10.5. The summed E-state index contributed by atoms with van der Waals surface area (Å²) in [5.41, 5.74) is 1.46.